The van der Waals surface area contributed by atoms with Gasteiger partial charge in [-0.15, -0.1) is 0 Å². The third-order valence-corrected chi connectivity index (χ3v) is 9.75. The number of anilines is 1. The highest BCUT2D eigenvalue weighted by Crippen LogP contribution is 2.29. The van der Waals surface area contributed by atoms with E-state index in [9.17, 15) is 18.0 Å². The summed E-state index contributed by atoms with van der Waals surface area (Å²) in [6.45, 7) is 10.8. The molecule has 1 N–H and O–H groups in total. The van der Waals surface area contributed by atoms with Crippen molar-refractivity contribution < 1.29 is 18.0 Å². The van der Waals surface area contributed by atoms with Crippen LogP contribution in [0.4, 0.5) is 5.69 Å². The lowest BCUT2D eigenvalue weighted by Gasteiger charge is -2.34. The van der Waals surface area contributed by atoms with E-state index in [0.29, 0.717) is 33.3 Å². The number of nitrogens with zero attached hydrogens (tertiary/aromatic N) is 2. The van der Waals surface area contributed by atoms with Crippen molar-refractivity contribution in [3.63, 3.8) is 0 Å². The van der Waals surface area contributed by atoms with Crippen LogP contribution in [0.15, 0.2) is 65.6 Å². The van der Waals surface area contributed by atoms with Gasteiger partial charge in [-0.3, -0.25) is 13.9 Å². The lowest BCUT2D eigenvalue weighted by atomic mass is 10.1. The van der Waals surface area contributed by atoms with Crippen LogP contribution in [0.1, 0.15) is 55.9 Å². The number of hydrogen-bond acceptors (Lipinski definition) is 4. The molecule has 0 aliphatic heterocycles. The molecule has 0 spiro atoms. The fourth-order valence-electron chi connectivity index (χ4n) is 4.63. The Balaban J connectivity index is 2.11. The van der Waals surface area contributed by atoms with Crippen LogP contribution in [-0.2, 0) is 26.2 Å². The maximum absolute atomic E-state index is 14.2. The number of benzene rings is 3. The van der Waals surface area contributed by atoms with E-state index in [4.69, 9.17) is 23.2 Å². The highest BCUT2D eigenvalue weighted by Gasteiger charge is 2.34. The molecule has 226 valence electrons. The quantitative estimate of drug-likeness (QED) is 0.237. The van der Waals surface area contributed by atoms with Gasteiger partial charge >= 0.3 is 0 Å². The highest BCUT2D eigenvalue weighted by molar-refractivity contribution is 7.92. The van der Waals surface area contributed by atoms with Crippen LogP contribution >= 0.6 is 23.2 Å². The maximum Gasteiger partial charge on any atom is 0.264 e. The zero-order chi connectivity index (χ0) is 31.2. The van der Waals surface area contributed by atoms with E-state index in [0.717, 1.165) is 21.9 Å². The first-order valence-corrected chi connectivity index (χ1v) is 16.2. The van der Waals surface area contributed by atoms with E-state index in [2.05, 4.69) is 5.32 Å². The van der Waals surface area contributed by atoms with Gasteiger partial charge in [0.25, 0.3) is 10.0 Å². The molecule has 3 aromatic rings. The standard InChI is InChI=1S/C32H39Cl2N3O4S/c1-7-24(6)35-32(39)29(8-2)36(19-25-12-15-27(33)28(34)18-25)31(38)20-37(30-16-11-22(4)17-23(30)5)42(40,41)26-13-9-21(3)10-14-26/h9-18,24,29H,7-8,19-20H2,1-6H3,(H,35,39). The second-order valence-electron chi connectivity index (χ2n) is 10.6. The number of halogens is 2. The van der Waals surface area contributed by atoms with Gasteiger partial charge < -0.3 is 10.2 Å². The number of nitrogens with one attached hydrogen (secondary N) is 1. The minimum atomic E-state index is -4.15. The number of carbonyl (C=O) groups excluding carboxylic acids is 2. The molecule has 0 aliphatic carbocycles. The maximum atomic E-state index is 14.2. The minimum Gasteiger partial charge on any atom is -0.352 e. The summed E-state index contributed by atoms with van der Waals surface area (Å²) >= 11 is 12.4. The zero-order valence-corrected chi connectivity index (χ0v) is 27.3. The van der Waals surface area contributed by atoms with Crippen LogP contribution < -0.4 is 9.62 Å². The summed E-state index contributed by atoms with van der Waals surface area (Å²) < 4.78 is 29.3. The molecule has 2 amide bonds. The Morgan fingerprint density at radius 1 is 0.857 bits per heavy atom. The molecule has 10 heteroatoms. The molecule has 2 atom stereocenters. The van der Waals surface area contributed by atoms with Gasteiger partial charge in [0.05, 0.1) is 20.6 Å². The van der Waals surface area contributed by atoms with Gasteiger partial charge in [0.2, 0.25) is 11.8 Å². The lowest BCUT2D eigenvalue weighted by molar-refractivity contribution is -0.140. The van der Waals surface area contributed by atoms with E-state index in [1.807, 2.05) is 53.7 Å². The first-order valence-electron chi connectivity index (χ1n) is 14.0. The molecule has 0 aromatic heterocycles. The number of aryl methyl sites for hydroxylation is 3. The molecule has 0 saturated carbocycles. The number of hydrogen-bond donors (Lipinski definition) is 1. The molecule has 0 fully saturated rings. The highest BCUT2D eigenvalue weighted by atomic mass is 35.5. The Bertz CT molecular complexity index is 1530. The van der Waals surface area contributed by atoms with Crippen molar-refractivity contribution >= 4 is 50.7 Å². The van der Waals surface area contributed by atoms with Crippen LogP contribution in [0.25, 0.3) is 0 Å². The van der Waals surface area contributed by atoms with Gasteiger partial charge in [-0.25, -0.2) is 8.42 Å². The van der Waals surface area contributed by atoms with Gasteiger partial charge in [-0.2, -0.15) is 0 Å². The normalized spacial score (nSPS) is 12.9. The molecule has 0 heterocycles. The molecular formula is C32H39Cl2N3O4S. The SMILES string of the molecule is CCC(C)NC(=O)C(CC)N(Cc1ccc(Cl)c(Cl)c1)C(=O)CN(c1ccc(C)cc1C)S(=O)(=O)c1ccc(C)cc1. The van der Waals surface area contributed by atoms with Gasteiger partial charge in [0.15, 0.2) is 0 Å². The molecule has 0 aliphatic rings. The summed E-state index contributed by atoms with van der Waals surface area (Å²) in [4.78, 5) is 29.1. The average Bonchev–Trinajstić information content (AvgIpc) is 2.93. The topological polar surface area (TPSA) is 86.8 Å². The monoisotopic (exact) mass is 631 g/mol. The molecular weight excluding hydrogens is 593 g/mol. The van der Waals surface area contributed by atoms with Crippen molar-refractivity contribution in [1.29, 1.82) is 0 Å². The second-order valence-corrected chi connectivity index (χ2v) is 13.3. The molecule has 0 radical (unpaired) electrons. The summed E-state index contributed by atoms with van der Waals surface area (Å²) in [5.74, 6) is -0.831. The summed E-state index contributed by atoms with van der Waals surface area (Å²) in [6.07, 6.45) is 1.04. The fraction of sp³-hybridized carbons (Fsp3) is 0.375. The van der Waals surface area contributed by atoms with E-state index in [-0.39, 0.29) is 23.4 Å². The van der Waals surface area contributed by atoms with Crippen LogP contribution in [0, 0.1) is 20.8 Å². The number of sulfonamides is 1. The van der Waals surface area contributed by atoms with Gasteiger partial charge in [-0.05, 0) is 82.0 Å². The summed E-state index contributed by atoms with van der Waals surface area (Å²) in [5.41, 5.74) is 3.63. The zero-order valence-electron chi connectivity index (χ0n) is 24.9. The van der Waals surface area contributed by atoms with E-state index >= 15 is 0 Å². The van der Waals surface area contributed by atoms with Crippen molar-refractivity contribution in [3.8, 4) is 0 Å². The Kier molecular flexibility index (Phi) is 11.5. The van der Waals surface area contributed by atoms with Crippen LogP contribution in [0.2, 0.25) is 10.0 Å². The lowest BCUT2D eigenvalue weighted by Crippen LogP contribution is -2.53. The summed E-state index contributed by atoms with van der Waals surface area (Å²) in [5, 5.41) is 3.66. The summed E-state index contributed by atoms with van der Waals surface area (Å²) in [7, 11) is -4.15. The fourth-order valence-corrected chi connectivity index (χ4v) is 6.43. The first-order chi connectivity index (χ1) is 19.8. The predicted octanol–water partition coefficient (Wildman–Crippen LogP) is 6.84. The number of rotatable bonds is 12. The van der Waals surface area contributed by atoms with Gasteiger partial charge in [0, 0.05) is 12.6 Å². The molecule has 3 rings (SSSR count). The van der Waals surface area contributed by atoms with Crippen LogP contribution in [-0.4, -0.2) is 43.8 Å². The molecule has 0 saturated heterocycles. The van der Waals surface area contributed by atoms with Crippen molar-refractivity contribution in [1.82, 2.24) is 10.2 Å². The minimum absolute atomic E-state index is 0.0352. The molecule has 0 bridgehead atoms. The largest absolute Gasteiger partial charge is 0.352 e. The average molecular weight is 633 g/mol. The Morgan fingerprint density at radius 2 is 1.50 bits per heavy atom. The number of carbonyl (C=O) groups is 2. The van der Waals surface area contributed by atoms with Crippen molar-refractivity contribution in [2.45, 2.75) is 77.9 Å². The van der Waals surface area contributed by atoms with Crippen LogP contribution in [0.3, 0.4) is 0 Å². The molecule has 7 nitrogen and oxygen atoms in total. The van der Waals surface area contributed by atoms with Gasteiger partial charge in [-0.1, -0.05) is 78.5 Å². The van der Waals surface area contributed by atoms with Crippen molar-refractivity contribution in [3.05, 3.63) is 93.0 Å². The first kappa shape index (κ1) is 33.4. The van der Waals surface area contributed by atoms with Crippen LogP contribution in [0.5, 0.6) is 0 Å². The number of amides is 2. The van der Waals surface area contributed by atoms with Crippen molar-refractivity contribution in [2.24, 2.45) is 0 Å². The Morgan fingerprint density at radius 3 is 2.07 bits per heavy atom. The second kappa shape index (κ2) is 14.4. The molecule has 2 unspecified atom stereocenters. The summed E-state index contributed by atoms with van der Waals surface area (Å²) in [6, 6.07) is 16.0. The predicted molar refractivity (Wildman–Crippen MR) is 171 cm³/mol. The van der Waals surface area contributed by atoms with E-state index < -0.39 is 28.5 Å². The van der Waals surface area contributed by atoms with E-state index in [1.54, 1.807) is 36.4 Å². The Hall–Kier alpha value is -3.07. The molecule has 3 aromatic carbocycles. The van der Waals surface area contributed by atoms with Crippen molar-refractivity contribution in [2.75, 3.05) is 10.8 Å². The third kappa shape index (κ3) is 8.06. The van der Waals surface area contributed by atoms with Gasteiger partial charge in [0.1, 0.15) is 12.6 Å². The smallest absolute Gasteiger partial charge is 0.264 e. The van der Waals surface area contributed by atoms with E-state index in [1.165, 1.54) is 17.0 Å². The Labute approximate surface area is 259 Å². The third-order valence-electron chi connectivity index (χ3n) is 7.23. The molecule has 42 heavy (non-hydrogen) atoms.